The van der Waals surface area contributed by atoms with Gasteiger partial charge in [-0.25, -0.2) is 0 Å². The van der Waals surface area contributed by atoms with Crippen LogP contribution in [-0.2, 0) is 6.54 Å². The lowest BCUT2D eigenvalue weighted by atomic mass is 10.1. The van der Waals surface area contributed by atoms with Crippen molar-refractivity contribution in [3.8, 4) is 11.8 Å². The zero-order valence-corrected chi connectivity index (χ0v) is 11.0. The molecule has 19 heavy (non-hydrogen) atoms. The van der Waals surface area contributed by atoms with Crippen LogP contribution in [0.25, 0.3) is 0 Å². The predicted octanol–water partition coefficient (Wildman–Crippen LogP) is 2.02. The molecule has 96 valence electrons. The summed E-state index contributed by atoms with van der Waals surface area (Å²) in [6.45, 7) is 0.381. The standard InChI is InChI=1S/C15H13NO2S/c17-9-1-3-12-5-7-13(8-6-12)15(18)16-11-14-4-2-10-19-14/h2,4-8,10,17H,9,11H2,(H,16,18). The lowest BCUT2D eigenvalue weighted by Gasteiger charge is -2.03. The Balaban J connectivity index is 1.95. The first-order valence-electron chi connectivity index (χ1n) is 5.80. The van der Waals surface area contributed by atoms with Gasteiger partial charge in [0.25, 0.3) is 5.91 Å². The molecular formula is C15H13NO2S. The maximum Gasteiger partial charge on any atom is 0.251 e. The second-order valence-corrected chi connectivity index (χ2v) is 4.83. The second-order valence-electron chi connectivity index (χ2n) is 3.80. The van der Waals surface area contributed by atoms with Crippen LogP contribution in [0.5, 0.6) is 0 Å². The quantitative estimate of drug-likeness (QED) is 0.839. The maximum absolute atomic E-state index is 11.9. The first-order valence-corrected chi connectivity index (χ1v) is 6.68. The van der Waals surface area contributed by atoms with E-state index >= 15 is 0 Å². The molecule has 2 rings (SSSR count). The van der Waals surface area contributed by atoms with Gasteiger partial charge in [-0.15, -0.1) is 11.3 Å². The molecule has 0 saturated heterocycles. The topological polar surface area (TPSA) is 49.3 Å². The molecule has 0 aliphatic carbocycles. The molecule has 0 aliphatic heterocycles. The number of carbonyl (C=O) groups excluding carboxylic acids is 1. The van der Waals surface area contributed by atoms with Crippen LogP contribution in [0.2, 0.25) is 0 Å². The first kappa shape index (κ1) is 13.3. The van der Waals surface area contributed by atoms with Gasteiger partial charge in [0.1, 0.15) is 6.61 Å². The zero-order valence-electron chi connectivity index (χ0n) is 10.2. The smallest absolute Gasteiger partial charge is 0.251 e. The summed E-state index contributed by atoms with van der Waals surface area (Å²) in [6, 6.07) is 10.9. The van der Waals surface area contributed by atoms with E-state index in [2.05, 4.69) is 17.2 Å². The Bertz CT molecular complexity index is 591. The molecule has 0 fully saturated rings. The number of aliphatic hydroxyl groups is 1. The minimum absolute atomic E-state index is 0.102. The molecule has 2 aromatic rings. The van der Waals surface area contributed by atoms with E-state index in [-0.39, 0.29) is 12.5 Å². The molecule has 2 N–H and O–H groups in total. The average Bonchev–Trinajstić information content (AvgIpc) is 2.96. The molecule has 0 bridgehead atoms. The van der Waals surface area contributed by atoms with Crippen LogP contribution in [0.15, 0.2) is 41.8 Å². The fourth-order valence-electron chi connectivity index (χ4n) is 1.53. The highest BCUT2D eigenvalue weighted by Crippen LogP contribution is 2.08. The summed E-state index contributed by atoms with van der Waals surface area (Å²) < 4.78 is 0. The third-order valence-corrected chi connectivity index (χ3v) is 3.34. The fourth-order valence-corrected chi connectivity index (χ4v) is 2.17. The van der Waals surface area contributed by atoms with Gasteiger partial charge in [0.15, 0.2) is 0 Å². The summed E-state index contributed by atoms with van der Waals surface area (Å²) in [5.41, 5.74) is 1.38. The molecule has 0 atom stereocenters. The van der Waals surface area contributed by atoms with Crippen LogP contribution in [-0.4, -0.2) is 17.6 Å². The van der Waals surface area contributed by atoms with Crippen LogP contribution in [0.4, 0.5) is 0 Å². The van der Waals surface area contributed by atoms with E-state index < -0.39 is 0 Å². The van der Waals surface area contributed by atoms with Crippen molar-refractivity contribution in [2.75, 3.05) is 6.61 Å². The summed E-state index contributed by atoms with van der Waals surface area (Å²) in [5, 5.41) is 13.4. The summed E-state index contributed by atoms with van der Waals surface area (Å²) in [5.74, 6) is 5.25. The Hall–Kier alpha value is -2.09. The van der Waals surface area contributed by atoms with Crippen molar-refractivity contribution in [2.24, 2.45) is 0 Å². The van der Waals surface area contributed by atoms with Gasteiger partial charge in [-0.2, -0.15) is 0 Å². The summed E-state index contributed by atoms with van der Waals surface area (Å²) >= 11 is 1.61. The molecule has 1 amide bonds. The van der Waals surface area contributed by atoms with Gasteiger partial charge >= 0.3 is 0 Å². The van der Waals surface area contributed by atoms with Crippen LogP contribution in [0.3, 0.4) is 0 Å². The molecule has 1 heterocycles. The predicted molar refractivity (Wildman–Crippen MR) is 75.9 cm³/mol. The highest BCUT2D eigenvalue weighted by molar-refractivity contribution is 7.09. The van der Waals surface area contributed by atoms with Gasteiger partial charge in [-0.05, 0) is 35.7 Å². The Labute approximate surface area is 115 Å². The van der Waals surface area contributed by atoms with Crippen LogP contribution >= 0.6 is 11.3 Å². The largest absolute Gasteiger partial charge is 0.384 e. The Kier molecular flexibility index (Phi) is 4.73. The van der Waals surface area contributed by atoms with E-state index in [4.69, 9.17) is 5.11 Å². The monoisotopic (exact) mass is 271 g/mol. The van der Waals surface area contributed by atoms with Gasteiger partial charge < -0.3 is 10.4 Å². The lowest BCUT2D eigenvalue weighted by molar-refractivity contribution is 0.0951. The maximum atomic E-state index is 11.9. The molecule has 0 spiro atoms. The van der Waals surface area contributed by atoms with Gasteiger partial charge in [-0.3, -0.25) is 4.79 Å². The number of aliphatic hydroxyl groups excluding tert-OH is 1. The second kappa shape index (κ2) is 6.74. The van der Waals surface area contributed by atoms with E-state index in [9.17, 15) is 4.79 Å². The Morgan fingerprint density at radius 1 is 1.26 bits per heavy atom. The molecule has 0 aliphatic rings. The van der Waals surface area contributed by atoms with E-state index in [0.29, 0.717) is 12.1 Å². The Morgan fingerprint density at radius 2 is 2.05 bits per heavy atom. The number of nitrogens with one attached hydrogen (secondary N) is 1. The molecule has 0 saturated carbocycles. The van der Waals surface area contributed by atoms with Crippen molar-refractivity contribution in [2.45, 2.75) is 6.54 Å². The number of thiophene rings is 1. The van der Waals surface area contributed by atoms with Crippen molar-refractivity contribution in [3.63, 3.8) is 0 Å². The van der Waals surface area contributed by atoms with Crippen molar-refractivity contribution < 1.29 is 9.90 Å². The molecule has 1 aromatic carbocycles. The highest BCUT2D eigenvalue weighted by atomic mass is 32.1. The molecule has 1 aromatic heterocycles. The average molecular weight is 271 g/mol. The van der Waals surface area contributed by atoms with Crippen LogP contribution in [0.1, 0.15) is 20.8 Å². The minimum atomic E-state index is -0.164. The van der Waals surface area contributed by atoms with E-state index in [1.165, 1.54) is 0 Å². The van der Waals surface area contributed by atoms with Crippen LogP contribution < -0.4 is 5.32 Å². The summed E-state index contributed by atoms with van der Waals surface area (Å²) in [7, 11) is 0. The molecule has 0 radical (unpaired) electrons. The van der Waals surface area contributed by atoms with E-state index in [1.807, 2.05) is 17.5 Å². The lowest BCUT2D eigenvalue weighted by Crippen LogP contribution is -2.22. The summed E-state index contributed by atoms with van der Waals surface area (Å²) in [4.78, 5) is 13.0. The normalized spacial score (nSPS) is 9.53. The van der Waals surface area contributed by atoms with Crippen molar-refractivity contribution >= 4 is 17.2 Å². The summed E-state index contributed by atoms with van der Waals surface area (Å²) in [6.07, 6.45) is 0. The van der Waals surface area contributed by atoms with Gasteiger partial charge in [0, 0.05) is 16.0 Å². The van der Waals surface area contributed by atoms with Crippen molar-refractivity contribution in [3.05, 3.63) is 57.8 Å². The van der Waals surface area contributed by atoms with Crippen molar-refractivity contribution in [1.82, 2.24) is 5.32 Å². The third kappa shape index (κ3) is 3.95. The van der Waals surface area contributed by atoms with E-state index in [1.54, 1.807) is 35.6 Å². The Morgan fingerprint density at radius 3 is 2.68 bits per heavy atom. The number of rotatable bonds is 3. The van der Waals surface area contributed by atoms with E-state index in [0.717, 1.165) is 10.4 Å². The first-order chi connectivity index (χ1) is 9.29. The van der Waals surface area contributed by atoms with Crippen LogP contribution in [0, 0.1) is 11.8 Å². The zero-order chi connectivity index (χ0) is 13.5. The number of carbonyl (C=O) groups is 1. The van der Waals surface area contributed by atoms with Crippen molar-refractivity contribution in [1.29, 1.82) is 0 Å². The highest BCUT2D eigenvalue weighted by Gasteiger charge is 2.04. The van der Waals surface area contributed by atoms with Gasteiger partial charge in [0.05, 0.1) is 6.54 Å². The number of hydrogen-bond acceptors (Lipinski definition) is 3. The third-order valence-electron chi connectivity index (χ3n) is 2.46. The SMILES string of the molecule is O=C(NCc1cccs1)c1ccc(C#CCO)cc1. The minimum Gasteiger partial charge on any atom is -0.384 e. The number of hydrogen-bond donors (Lipinski definition) is 2. The molecule has 0 unspecified atom stereocenters. The molecule has 3 nitrogen and oxygen atoms in total. The van der Waals surface area contributed by atoms with Gasteiger partial charge in [-0.1, -0.05) is 17.9 Å². The fraction of sp³-hybridized carbons (Fsp3) is 0.133. The number of amides is 1. The molecular weight excluding hydrogens is 258 g/mol. The van der Waals surface area contributed by atoms with Gasteiger partial charge in [0.2, 0.25) is 0 Å². The number of benzene rings is 1. The molecule has 4 heteroatoms.